The van der Waals surface area contributed by atoms with Gasteiger partial charge in [-0.25, -0.2) is 14.4 Å². The number of hydrogen-bond acceptors (Lipinski definition) is 6. The SMILES string of the molecule is C=C(Nc1ncc[nH]1)C(c1ncn2c1C[C@@H](F)C2)n1cc2c(Cl)cc(-c3ccc(N4CCN(CC(C)C)CC4)cc3)c(C)c2n1. The molecule has 2 aliphatic rings. The van der Waals surface area contributed by atoms with E-state index in [1.54, 1.807) is 18.7 Å². The third-order valence-corrected chi connectivity index (χ3v) is 9.29. The quantitative estimate of drug-likeness (QED) is 0.195. The molecule has 45 heavy (non-hydrogen) atoms. The van der Waals surface area contributed by atoms with Gasteiger partial charge < -0.3 is 19.8 Å². The fourth-order valence-electron chi connectivity index (χ4n) is 6.80. The Morgan fingerprint density at radius 1 is 1.16 bits per heavy atom. The number of fused-ring (bicyclic) bond motifs is 2. The average Bonchev–Trinajstić information content (AvgIpc) is 3.82. The van der Waals surface area contributed by atoms with Gasteiger partial charge in [-0.1, -0.05) is 44.2 Å². The number of H-pyrrole nitrogens is 1. The summed E-state index contributed by atoms with van der Waals surface area (Å²) >= 11 is 6.95. The standard InChI is InChI=1S/C34H39ClFN9/c1-21(2)17-42-11-13-43(14-12-42)26-7-5-24(6-8-26)27-16-29(35)28-19-45(41-31(28)22(27)3)33(23(4)40-34-37-9-10-38-34)32-30-15-25(36)18-44(30)20-39-32/h5-10,16,19-21,25,33H,4,11-15,17-18H2,1-3H3,(H2,37,38,40)/t25-,33?/m1/s1. The van der Waals surface area contributed by atoms with Gasteiger partial charge in [0.05, 0.1) is 29.1 Å². The van der Waals surface area contributed by atoms with Crippen LogP contribution in [0.1, 0.15) is 36.8 Å². The average molecular weight is 628 g/mol. The Bertz CT molecular complexity index is 1810. The molecule has 5 heterocycles. The van der Waals surface area contributed by atoms with E-state index < -0.39 is 12.2 Å². The Hall–Kier alpha value is -4.15. The molecule has 1 fully saturated rings. The first-order valence-electron chi connectivity index (χ1n) is 15.6. The normalized spacial score (nSPS) is 17.7. The molecule has 0 spiro atoms. The summed E-state index contributed by atoms with van der Waals surface area (Å²) < 4.78 is 18.1. The second kappa shape index (κ2) is 12.0. The molecule has 0 aliphatic carbocycles. The van der Waals surface area contributed by atoms with Crippen LogP contribution in [0.5, 0.6) is 0 Å². The smallest absolute Gasteiger partial charge is 0.204 e. The number of imidazole rings is 2. The second-order valence-electron chi connectivity index (χ2n) is 12.7. The van der Waals surface area contributed by atoms with Gasteiger partial charge in [0.2, 0.25) is 5.95 Å². The highest BCUT2D eigenvalue weighted by Crippen LogP contribution is 2.38. The highest BCUT2D eigenvalue weighted by Gasteiger charge is 2.32. The molecule has 0 amide bonds. The molecule has 2 aliphatic heterocycles. The van der Waals surface area contributed by atoms with Gasteiger partial charge in [-0.05, 0) is 47.7 Å². The summed E-state index contributed by atoms with van der Waals surface area (Å²) in [5.41, 5.74) is 7.37. The van der Waals surface area contributed by atoms with Crippen LogP contribution in [0.25, 0.3) is 22.0 Å². The number of halogens is 2. The Morgan fingerprint density at radius 3 is 2.64 bits per heavy atom. The van der Waals surface area contributed by atoms with Crippen molar-refractivity contribution < 1.29 is 4.39 Å². The number of nitrogens with one attached hydrogen (secondary N) is 2. The monoisotopic (exact) mass is 627 g/mol. The van der Waals surface area contributed by atoms with Crippen LogP contribution in [0.2, 0.25) is 5.02 Å². The van der Waals surface area contributed by atoms with Crippen molar-refractivity contribution in [2.45, 2.75) is 46.0 Å². The van der Waals surface area contributed by atoms with Crippen molar-refractivity contribution >= 4 is 34.1 Å². The van der Waals surface area contributed by atoms with Gasteiger partial charge >= 0.3 is 0 Å². The maximum absolute atomic E-state index is 14.4. The molecule has 5 aromatic rings. The zero-order valence-corrected chi connectivity index (χ0v) is 26.7. The number of aromatic amines is 1. The van der Waals surface area contributed by atoms with Crippen LogP contribution in [0.3, 0.4) is 0 Å². The minimum absolute atomic E-state index is 0.300. The first-order valence-corrected chi connectivity index (χ1v) is 16.0. The van der Waals surface area contributed by atoms with Gasteiger partial charge in [0.25, 0.3) is 0 Å². The van der Waals surface area contributed by atoms with Crippen LogP contribution >= 0.6 is 11.6 Å². The molecular formula is C34H39ClFN9. The number of benzene rings is 2. The number of nitrogens with zero attached hydrogens (tertiary/aromatic N) is 7. The highest BCUT2D eigenvalue weighted by atomic mass is 35.5. The molecule has 2 aromatic carbocycles. The third kappa shape index (κ3) is 5.73. The first kappa shape index (κ1) is 29.6. The van der Waals surface area contributed by atoms with E-state index in [2.05, 4.69) is 76.7 Å². The van der Waals surface area contributed by atoms with E-state index in [4.69, 9.17) is 21.7 Å². The molecule has 1 unspecified atom stereocenters. The summed E-state index contributed by atoms with van der Waals surface area (Å²) in [4.78, 5) is 17.1. The van der Waals surface area contributed by atoms with E-state index in [1.807, 2.05) is 21.5 Å². The van der Waals surface area contributed by atoms with Gasteiger partial charge in [0.15, 0.2) is 0 Å². The summed E-state index contributed by atoms with van der Waals surface area (Å²) in [6, 6.07) is 10.3. The minimum atomic E-state index is -0.939. The lowest BCUT2D eigenvalue weighted by Crippen LogP contribution is -2.47. The summed E-state index contributed by atoms with van der Waals surface area (Å²) in [5.74, 6) is 1.24. The van der Waals surface area contributed by atoms with E-state index in [0.717, 1.165) is 66.0 Å². The summed E-state index contributed by atoms with van der Waals surface area (Å²) in [5, 5.41) is 9.79. The van der Waals surface area contributed by atoms with Crippen molar-refractivity contribution in [3.05, 3.63) is 89.5 Å². The number of hydrogen-bond donors (Lipinski definition) is 2. The topological polar surface area (TPSA) is 82.8 Å². The number of rotatable bonds is 9. The molecule has 11 heteroatoms. The maximum atomic E-state index is 14.4. The largest absolute Gasteiger partial charge is 0.369 e. The second-order valence-corrected chi connectivity index (χ2v) is 13.1. The van der Waals surface area contributed by atoms with E-state index in [0.29, 0.717) is 41.2 Å². The Labute approximate surface area is 267 Å². The lowest BCUT2D eigenvalue weighted by atomic mass is 9.98. The molecule has 0 saturated carbocycles. The summed E-state index contributed by atoms with van der Waals surface area (Å²) in [6.45, 7) is 16.7. The van der Waals surface area contributed by atoms with Crippen LogP contribution in [0.15, 0.2) is 67.5 Å². The molecule has 0 bridgehead atoms. The molecule has 234 valence electrons. The lowest BCUT2D eigenvalue weighted by Gasteiger charge is -2.36. The third-order valence-electron chi connectivity index (χ3n) is 8.98. The molecule has 1 saturated heterocycles. The molecule has 0 radical (unpaired) electrons. The molecule has 3 aromatic heterocycles. The van der Waals surface area contributed by atoms with Crippen molar-refractivity contribution in [1.29, 1.82) is 0 Å². The predicted molar refractivity (Wildman–Crippen MR) is 179 cm³/mol. The van der Waals surface area contributed by atoms with Crippen LogP contribution < -0.4 is 10.2 Å². The number of alkyl halides is 1. The molecule has 9 nitrogen and oxygen atoms in total. The van der Waals surface area contributed by atoms with Crippen molar-refractivity contribution in [2.24, 2.45) is 5.92 Å². The lowest BCUT2D eigenvalue weighted by molar-refractivity contribution is 0.231. The van der Waals surface area contributed by atoms with Gasteiger partial charge in [0.1, 0.15) is 12.2 Å². The number of allylic oxidation sites excluding steroid dienone is 1. The van der Waals surface area contributed by atoms with E-state index >= 15 is 0 Å². The number of piperazine rings is 1. The van der Waals surface area contributed by atoms with Crippen molar-refractivity contribution in [2.75, 3.05) is 42.9 Å². The molecule has 2 atom stereocenters. The van der Waals surface area contributed by atoms with Crippen molar-refractivity contribution in [3.63, 3.8) is 0 Å². The van der Waals surface area contributed by atoms with Crippen LogP contribution in [-0.2, 0) is 13.0 Å². The van der Waals surface area contributed by atoms with Crippen LogP contribution in [-0.4, -0.2) is 73.1 Å². The maximum Gasteiger partial charge on any atom is 0.204 e. The van der Waals surface area contributed by atoms with Crippen molar-refractivity contribution in [1.82, 2.24) is 34.2 Å². The van der Waals surface area contributed by atoms with Crippen LogP contribution in [0, 0.1) is 12.8 Å². The Morgan fingerprint density at radius 2 is 1.93 bits per heavy atom. The predicted octanol–water partition coefficient (Wildman–Crippen LogP) is 6.47. The minimum Gasteiger partial charge on any atom is -0.369 e. The first-order chi connectivity index (χ1) is 21.7. The molecule has 7 rings (SSSR count). The highest BCUT2D eigenvalue weighted by molar-refractivity contribution is 6.36. The van der Waals surface area contributed by atoms with E-state index in [1.165, 1.54) is 5.69 Å². The van der Waals surface area contributed by atoms with E-state index in [9.17, 15) is 4.39 Å². The zero-order chi connectivity index (χ0) is 31.2. The molecular weight excluding hydrogens is 589 g/mol. The summed E-state index contributed by atoms with van der Waals surface area (Å²) in [6.07, 6.45) is 6.40. The number of aryl methyl sites for hydroxylation is 1. The van der Waals surface area contributed by atoms with Gasteiger partial charge in [-0.3, -0.25) is 9.58 Å². The zero-order valence-electron chi connectivity index (χ0n) is 26.0. The van der Waals surface area contributed by atoms with Crippen molar-refractivity contribution in [3.8, 4) is 11.1 Å². The number of aromatic nitrogens is 6. The van der Waals surface area contributed by atoms with Gasteiger partial charge in [-0.15, -0.1) is 0 Å². The summed E-state index contributed by atoms with van der Waals surface area (Å²) in [7, 11) is 0. The van der Waals surface area contributed by atoms with Crippen LogP contribution in [0.4, 0.5) is 16.0 Å². The number of anilines is 2. The fourth-order valence-corrected chi connectivity index (χ4v) is 7.04. The Kier molecular flexibility index (Phi) is 7.87. The fraction of sp³-hybridized carbons (Fsp3) is 0.382. The van der Waals surface area contributed by atoms with Gasteiger partial charge in [0, 0.05) is 80.2 Å². The molecule has 2 N–H and O–H groups in total. The van der Waals surface area contributed by atoms with Gasteiger partial charge in [-0.2, -0.15) is 5.10 Å². The van der Waals surface area contributed by atoms with E-state index in [-0.39, 0.29) is 0 Å². The Balaban J connectivity index is 1.20.